The van der Waals surface area contributed by atoms with Crippen molar-refractivity contribution in [3.63, 3.8) is 0 Å². The van der Waals surface area contributed by atoms with Crippen molar-refractivity contribution in [2.45, 2.75) is 45.6 Å². The predicted octanol–water partition coefficient (Wildman–Crippen LogP) is 2.59. The minimum Gasteiger partial charge on any atom is -0.352 e. The average Bonchev–Trinajstić information content (AvgIpc) is 2.37. The Labute approximate surface area is 122 Å². The molecule has 0 aliphatic heterocycles. The van der Waals surface area contributed by atoms with E-state index in [1.54, 1.807) is 0 Å². The van der Waals surface area contributed by atoms with Crippen LogP contribution in [0.3, 0.4) is 0 Å². The molecule has 1 amide bonds. The maximum atomic E-state index is 11.9. The zero-order valence-corrected chi connectivity index (χ0v) is 12.6. The first-order chi connectivity index (χ1) is 8.67. The molecule has 3 N–H and O–H groups in total. The van der Waals surface area contributed by atoms with Gasteiger partial charge in [0.15, 0.2) is 0 Å². The third kappa shape index (κ3) is 6.60. The van der Waals surface area contributed by atoms with Gasteiger partial charge >= 0.3 is 0 Å². The summed E-state index contributed by atoms with van der Waals surface area (Å²) >= 11 is 0. The average molecular weight is 285 g/mol. The van der Waals surface area contributed by atoms with Crippen LogP contribution in [0.2, 0.25) is 0 Å². The van der Waals surface area contributed by atoms with Crippen LogP contribution in [0.5, 0.6) is 0 Å². The van der Waals surface area contributed by atoms with Gasteiger partial charge in [0.05, 0.1) is 6.42 Å². The van der Waals surface area contributed by atoms with Crippen LogP contribution in [-0.4, -0.2) is 18.5 Å². The van der Waals surface area contributed by atoms with Crippen molar-refractivity contribution < 1.29 is 4.79 Å². The van der Waals surface area contributed by atoms with E-state index in [-0.39, 0.29) is 24.4 Å². The zero-order chi connectivity index (χ0) is 13.4. The molecule has 0 aliphatic carbocycles. The van der Waals surface area contributed by atoms with E-state index >= 15 is 0 Å². The number of nitrogens with one attached hydrogen (secondary N) is 1. The van der Waals surface area contributed by atoms with E-state index in [1.807, 2.05) is 31.2 Å². The number of amides is 1. The van der Waals surface area contributed by atoms with Crippen LogP contribution in [0.1, 0.15) is 37.3 Å². The quantitative estimate of drug-likeness (QED) is 0.809. The van der Waals surface area contributed by atoms with Crippen molar-refractivity contribution in [3.8, 4) is 0 Å². The number of nitrogens with two attached hydrogens (primary N) is 1. The Balaban J connectivity index is 0.00000324. The van der Waals surface area contributed by atoms with Crippen molar-refractivity contribution in [2.75, 3.05) is 6.54 Å². The summed E-state index contributed by atoms with van der Waals surface area (Å²) in [6.07, 6.45) is 3.64. The summed E-state index contributed by atoms with van der Waals surface area (Å²) < 4.78 is 0. The van der Waals surface area contributed by atoms with Gasteiger partial charge < -0.3 is 11.1 Å². The number of hydrogen-bond donors (Lipinski definition) is 2. The van der Waals surface area contributed by atoms with E-state index in [4.69, 9.17) is 5.73 Å². The fourth-order valence-electron chi connectivity index (χ4n) is 1.96. The molecule has 0 radical (unpaired) electrons. The molecule has 4 heteroatoms. The molecule has 0 aromatic heterocycles. The SMILES string of the molecule is CCCCC(CN)NC(=O)Cc1ccccc1C.Cl. The summed E-state index contributed by atoms with van der Waals surface area (Å²) in [5.41, 5.74) is 7.91. The molecule has 3 nitrogen and oxygen atoms in total. The van der Waals surface area contributed by atoms with Crippen LogP contribution in [0, 0.1) is 6.92 Å². The maximum absolute atomic E-state index is 11.9. The first kappa shape index (κ1) is 17.9. The summed E-state index contributed by atoms with van der Waals surface area (Å²) in [5, 5.41) is 3.01. The summed E-state index contributed by atoms with van der Waals surface area (Å²) in [6, 6.07) is 8.09. The fraction of sp³-hybridized carbons (Fsp3) is 0.533. The van der Waals surface area contributed by atoms with Gasteiger partial charge in [-0.3, -0.25) is 4.79 Å². The van der Waals surface area contributed by atoms with Crippen LogP contribution < -0.4 is 11.1 Å². The molecule has 0 fully saturated rings. The molecule has 0 aliphatic rings. The number of carbonyl (C=O) groups is 1. The lowest BCUT2D eigenvalue weighted by molar-refractivity contribution is -0.121. The van der Waals surface area contributed by atoms with Gasteiger partial charge in [-0.05, 0) is 24.5 Å². The lowest BCUT2D eigenvalue weighted by Gasteiger charge is -2.16. The molecular weight excluding hydrogens is 260 g/mol. The van der Waals surface area contributed by atoms with E-state index in [1.165, 1.54) is 0 Å². The molecule has 0 saturated carbocycles. The van der Waals surface area contributed by atoms with Gasteiger partial charge in [-0.1, -0.05) is 44.0 Å². The molecule has 108 valence electrons. The van der Waals surface area contributed by atoms with Crippen molar-refractivity contribution in [2.24, 2.45) is 5.73 Å². The molecule has 1 atom stereocenters. The standard InChI is InChI=1S/C15H24N2O.ClH/c1-3-4-9-14(11-16)17-15(18)10-13-8-6-5-7-12(13)2;/h5-8,14H,3-4,9-11,16H2,1-2H3,(H,17,18);1H. The number of benzene rings is 1. The second kappa shape index (κ2) is 9.82. The molecule has 1 aromatic rings. The van der Waals surface area contributed by atoms with Crippen LogP contribution in [0.15, 0.2) is 24.3 Å². The monoisotopic (exact) mass is 284 g/mol. The van der Waals surface area contributed by atoms with Gasteiger partial charge in [-0.2, -0.15) is 0 Å². The lowest BCUT2D eigenvalue weighted by Crippen LogP contribution is -2.40. The predicted molar refractivity (Wildman–Crippen MR) is 82.6 cm³/mol. The third-order valence-corrected chi connectivity index (χ3v) is 3.17. The van der Waals surface area contributed by atoms with E-state index in [2.05, 4.69) is 12.2 Å². The number of unbranched alkanes of at least 4 members (excludes halogenated alkanes) is 1. The number of halogens is 1. The Bertz CT molecular complexity index is 382. The third-order valence-electron chi connectivity index (χ3n) is 3.17. The summed E-state index contributed by atoms with van der Waals surface area (Å²) in [4.78, 5) is 11.9. The number of hydrogen-bond acceptors (Lipinski definition) is 2. The van der Waals surface area contributed by atoms with Crippen molar-refractivity contribution in [1.82, 2.24) is 5.32 Å². The molecule has 0 heterocycles. The highest BCUT2D eigenvalue weighted by atomic mass is 35.5. The Morgan fingerprint density at radius 3 is 2.63 bits per heavy atom. The molecule has 19 heavy (non-hydrogen) atoms. The van der Waals surface area contributed by atoms with Crippen LogP contribution in [-0.2, 0) is 11.2 Å². The summed E-state index contributed by atoms with van der Waals surface area (Å²) in [7, 11) is 0. The van der Waals surface area contributed by atoms with Gasteiger partial charge in [0, 0.05) is 12.6 Å². The van der Waals surface area contributed by atoms with E-state index in [0.29, 0.717) is 13.0 Å². The van der Waals surface area contributed by atoms with Gasteiger partial charge in [0.2, 0.25) is 5.91 Å². The van der Waals surface area contributed by atoms with Gasteiger partial charge in [-0.25, -0.2) is 0 Å². The number of rotatable bonds is 7. The first-order valence-electron chi connectivity index (χ1n) is 6.71. The van der Waals surface area contributed by atoms with E-state index in [9.17, 15) is 4.79 Å². The molecule has 0 bridgehead atoms. The zero-order valence-electron chi connectivity index (χ0n) is 11.8. The van der Waals surface area contributed by atoms with E-state index < -0.39 is 0 Å². The van der Waals surface area contributed by atoms with Crippen molar-refractivity contribution in [3.05, 3.63) is 35.4 Å². The van der Waals surface area contributed by atoms with Crippen molar-refractivity contribution in [1.29, 1.82) is 0 Å². The van der Waals surface area contributed by atoms with Gasteiger partial charge in [-0.15, -0.1) is 12.4 Å². The topological polar surface area (TPSA) is 55.1 Å². The van der Waals surface area contributed by atoms with E-state index in [0.717, 1.165) is 30.4 Å². The minimum absolute atomic E-state index is 0. The molecule has 0 spiro atoms. The molecule has 1 aromatic carbocycles. The summed E-state index contributed by atoms with van der Waals surface area (Å²) in [5.74, 6) is 0.0656. The second-order valence-electron chi connectivity index (χ2n) is 4.75. The smallest absolute Gasteiger partial charge is 0.224 e. The Kier molecular flexibility index (Phi) is 9.27. The highest BCUT2D eigenvalue weighted by Crippen LogP contribution is 2.08. The van der Waals surface area contributed by atoms with Crippen LogP contribution in [0.4, 0.5) is 0 Å². The molecule has 1 rings (SSSR count). The number of aryl methyl sites for hydroxylation is 1. The van der Waals surface area contributed by atoms with Crippen molar-refractivity contribution >= 4 is 18.3 Å². The van der Waals surface area contributed by atoms with Gasteiger partial charge in [0.1, 0.15) is 0 Å². The first-order valence-corrected chi connectivity index (χ1v) is 6.71. The normalized spacial score (nSPS) is 11.5. The molecular formula is C15H25ClN2O. The Morgan fingerprint density at radius 2 is 2.05 bits per heavy atom. The lowest BCUT2D eigenvalue weighted by atomic mass is 10.0. The highest BCUT2D eigenvalue weighted by Gasteiger charge is 2.11. The highest BCUT2D eigenvalue weighted by molar-refractivity contribution is 5.85. The number of carbonyl (C=O) groups excluding carboxylic acids is 1. The maximum Gasteiger partial charge on any atom is 0.224 e. The largest absolute Gasteiger partial charge is 0.352 e. The van der Waals surface area contributed by atoms with Gasteiger partial charge in [0.25, 0.3) is 0 Å². The Hall–Kier alpha value is -1.06. The fourth-order valence-corrected chi connectivity index (χ4v) is 1.96. The molecule has 0 saturated heterocycles. The Morgan fingerprint density at radius 1 is 1.37 bits per heavy atom. The summed E-state index contributed by atoms with van der Waals surface area (Å²) in [6.45, 7) is 4.68. The minimum atomic E-state index is 0. The van der Waals surface area contributed by atoms with Crippen LogP contribution >= 0.6 is 12.4 Å². The van der Waals surface area contributed by atoms with Crippen LogP contribution in [0.25, 0.3) is 0 Å². The second-order valence-corrected chi connectivity index (χ2v) is 4.75. The molecule has 1 unspecified atom stereocenters.